The fraction of sp³-hybridized carbons (Fsp3) is 0.343. The average molecular weight is 572 g/mol. The molecule has 7 nitrogen and oxygen atoms in total. The maximum atomic E-state index is 12.4. The number of allylic oxidation sites excluding steroid dienone is 1. The number of aliphatic hydroxyl groups excluding tert-OH is 1. The Balaban J connectivity index is 0.000000396. The standard InChI is InChI=1S/C25H30N2O2.C9H11NO.CH4O/c1-6-8-22-21(7-2)23(18(4)28)25(29-5)24(26-22)19-9-11-20(12-10-19)27-15-13-17(3)14-16-27;1-7-5-3-4-6-9(7)10-8(2)11;1-2/h6-12,17H,2,13-16H2,1,3-5H3;3-6H,1-2H3,(H,10,11);2H,1H3/b8-6-;;. The Hall–Kier alpha value is -4.23. The number of benzene rings is 2. The Kier molecular flexibility index (Phi) is 13.7. The van der Waals surface area contributed by atoms with Crippen molar-refractivity contribution in [3.05, 3.63) is 83.6 Å². The zero-order valence-corrected chi connectivity index (χ0v) is 26.0. The number of anilines is 2. The van der Waals surface area contributed by atoms with Crippen molar-refractivity contribution in [3.63, 3.8) is 0 Å². The van der Waals surface area contributed by atoms with Gasteiger partial charge in [-0.1, -0.05) is 56.0 Å². The molecule has 224 valence electrons. The Morgan fingerprint density at radius 1 is 1.07 bits per heavy atom. The summed E-state index contributed by atoms with van der Waals surface area (Å²) in [6, 6.07) is 16.1. The molecule has 3 aromatic rings. The number of hydrogen-bond donors (Lipinski definition) is 2. The molecule has 1 fully saturated rings. The van der Waals surface area contributed by atoms with Crippen LogP contribution in [0.4, 0.5) is 11.4 Å². The predicted molar refractivity (Wildman–Crippen MR) is 175 cm³/mol. The van der Waals surface area contributed by atoms with Gasteiger partial charge in [0.05, 0.1) is 18.4 Å². The zero-order valence-electron chi connectivity index (χ0n) is 26.0. The van der Waals surface area contributed by atoms with Crippen LogP contribution in [-0.2, 0) is 4.79 Å². The van der Waals surface area contributed by atoms with Crippen molar-refractivity contribution in [3.8, 4) is 17.0 Å². The van der Waals surface area contributed by atoms with Gasteiger partial charge in [0.15, 0.2) is 11.5 Å². The van der Waals surface area contributed by atoms with Crippen molar-refractivity contribution in [2.75, 3.05) is 37.5 Å². The number of aromatic nitrogens is 1. The lowest BCUT2D eigenvalue weighted by Gasteiger charge is -2.32. The lowest BCUT2D eigenvalue weighted by molar-refractivity contribution is -0.114. The molecule has 0 spiro atoms. The number of aryl methyl sites for hydroxylation is 1. The third-order valence-corrected chi connectivity index (χ3v) is 7.05. The van der Waals surface area contributed by atoms with Gasteiger partial charge in [0, 0.05) is 49.6 Å². The number of ketones is 1. The molecule has 1 amide bonds. The molecule has 2 heterocycles. The number of carbonyl (C=O) groups is 2. The number of methoxy groups -OCH3 is 1. The first-order valence-electron chi connectivity index (χ1n) is 14.2. The Morgan fingerprint density at radius 3 is 2.19 bits per heavy atom. The third-order valence-electron chi connectivity index (χ3n) is 7.05. The van der Waals surface area contributed by atoms with Gasteiger partial charge in [0.1, 0.15) is 5.69 Å². The lowest BCUT2D eigenvalue weighted by atomic mass is 9.96. The highest BCUT2D eigenvalue weighted by Gasteiger charge is 2.22. The molecule has 1 saturated heterocycles. The number of carbonyl (C=O) groups excluding carboxylic acids is 2. The van der Waals surface area contributed by atoms with Crippen LogP contribution in [0.15, 0.2) is 61.2 Å². The van der Waals surface area contributed by atoms with E-state index < -0.39 is 0 Å². The number of hydrogen-bond acceptors (Lipinski definition) is 6. The van der Waals surface area contributed by atoms with Crippen molar-refractivity contribution < 1.29 is 19.4 Å². The molecule has 0 saturated carbocycles. The summed E-state index contributed by atoms with van der Waals surface area (Å²) in [5.74, 6) is 1.21. The minimum absolute atomic E-state index is 0.0284. The first-order valence-corrected chi connectivity index (χ1v) is 14.2. The smallest absolute Gasteiger partial charge is 0.221 e. The molecule has 2 aromatic carbocycles. The van der Waals surface area contributed by atoms with E-state index in [9.17, 15) is 9.59 Å². The number of para-hydroxylation sites is 1. The second-order valence-electron chi connectivity index (χ2n) is 10.1. The van der Waals surface area contributed by atoms with E-state index in [1.807, 2.05) is 50.3 Å². The maximum Gasteiger partial charge on any atom is 0.221 e. The van der Waals surface area contributed by atoms with Crippen LogP contribution in [-0.4, -0.2) is 49.1 Å². The first-order chi connectivity index (χ1) is 20.2. The number of amides is 1. The molecule has 1 aliphatic heterocycles. The van der Waals surface area contributed by atoms with Gasteiger partial charge in [-0.25, -0.2) is 4.98 Å². The van der Waals surface area contributed by atoms with Gasteiger partial charge in [0.25, 0.3) is 0 Å². The van der Waals surface area contributed by atoms with Gasteiger partial charge in [-0.05, 0) is 69.4 Å². The number of Topliss-reactive ketones (excluding diaryl/α,β-unsaturated/α-hetero) is 1. The molecule has 0 bridgehead atoms. The Labute approximate surface area is 251 Å². The van der Waals surface area contributed by atoms with Crippen LogP contribution in [0.5, 0.6) is 5.75 Å². The number of nitrogens with one attached hydrogen (secondary N) is 1. The van der Waals surface area contributed by atoms with Crippen molar-refractivity contribution in [2.24, 2.45) is 5.92 Å². The van der Waals surface area contributed by atoms with Gasteiger partial charge in [0.2, 0.25) is 5.91 Å². The lowest BCUT2D eigenvalue weighted by Crippen LogP contribution is -2.32. The average Bonchev–Trinajstić information content (AvgIpc) is 2.99. The number of piperidine rings is 1. The zero-order chi connectivity index (χ0) is 31.2. The van der Waals surface area contributed by atoms with Crippen LogP contribution in [0.1, 0.15) is 67.7 Å². The van der Waals surface area contributed by atoms with Crippen molar-refractivity contribution >= 4 is 35.2 Å². The van der Waals surface area contributed by atoms with E-state index in [1.54, 1.807) is 20.1 Å². The summed E-state index contributed by atoms with van der Waals surface area (Å²) in [5.41, 5.74) is 6.75. The van der Waals surface area contributed by atoms with Crippen molar-refractivity contribution in [2.45, 2.75) is 47.5 Å². The van der Waals surface area contributed by atoms with E-state index in [1.165, 1.54) is 25.5 Å². The quantitative estimate of drug-likeness (QED) is 0.287. The minimum atomic E-state index is -0.0646. The third kappa shape index (κ3) is 8.88. The van der Waals surface area contributed by atoms with Gasteiger partial charge in [-0.2, -0.15) is 0 Å². The highest BCUT2D eigenvalue weighted by molar-refractivity contribution is 6.03. The van der Waals surface area contributed by atoms with E-state index in [0.717, 1.165) is 48.6 Å². The van der Waals surface area contributed by atoms with Crippen LogP contribution >= 0.6 is 0 Å². The largest absolute Gasteiger partial charge is 0.494 e. The van der Waals surface area contributed by atoms with Crippen LogP contribution in [0, 0.1) is 12.8 Å². The number of pyridine rings is 1. The van der Waals surface area contributed by atoms with E-state index >= 15 is 0 Å². The summed E-state index contributed by atoms with van der Waals surface area (Å²) in [5, 5.41) is 9.73. The molecular formula is C35H45N3O4. The molecule has 0 aliphatic carbocycles. The molecule has 4 rings (SSSR count). The topological polar surface area (TPSA) is 91.8 Å². The monoisotopic (exact) mass is 571 g/mol. The maximum absolute atomic E-state index is 12.4. The van der Waals surface area contributed by atoms with Crippen molar-refractivity contribution in [1.29, 1.82) is 0 Å². The summed E-state index contributed by atoms with van der Waals surface area (Å²) >= 11 is 0. The molecule has 2 N–H and O–H groups in total. The molecule has 0 atom stereocenters. The van der Waals surface area contributed by atoms with E-state index in [2.05, 4.69) is 48.0 Å². The van der Waals surface area contributed by atoms with E-state index in [-0.39, 0.29) is 11.7 Å². The van der Waals surface area contributed by atoms with E-state index in [4.69, 9.17) is 14.8 Å². The van der Waals surface area contributed by atoms with Crippen LogP contribution < -0.4 is 15.0 Å². The first kappa shape index (κ1) is 34.0. The summed E-state index contributed by atoms with van der Waals surface area (Å²) in [6.45, 7) is 15.3. The Morgan fingerprint density at radius 2 is 1.69 bits per heavy atom. The molecule has 1 aliphatic rings. The molecular weight excluding hydrogens is 526 g/mol. The summed E-state index contributed by atoms with van der Waals surface area (Å²) in [6.07, 6.45) is 7.95. The van der Waals surface area contributed by atoms with Crippen molar-refractivity contribution in [1.82, 2.24) is 4.98 Å². The molecule has 42 heavy (non-hydrogen) atoms. The summed E-state index contributed by atoms with van der Waals surface area (Å²) < 4.78 is 5.66. The summed E-state index contributed by atoms with van der Waals surface area (Å²) in [4.78, 5) is 30.4. The highest BCUT2D eigenvalue weighted by Crippen LogP contribution is 2.37. The van der Waals surface area contributed by atoms with Crippen LogP contribution in [0.2, 0.25) is 0 Å². The number of ether oxygens (including phenoxy) is 1. The van der Waals surface area contributed by atoms with Crippen LogP contribution in [0.25, 0.3) is 23.4 Å². The SMILES string of the molecule is C=Cc1c(/C=C\C)nc(-c2ccc(N3CCC(C)CC3)cc2)c(OC)c1C(C)=O.CC(=O)Nc1ccccc1C.CO. The molecule has 0 radical (unpaired) electrons. The molecule has 7 heteroatoms. The fourth-order valence-electron chi connectivity index (χ4n) is 4.84. The Bertz CT molecular complexity index is 1370. The normalized spacial score (nSPS) is 12.9. The minimum Gasteiger partial charge on any atom is -0.494 e. The van der Waals surface area contributed by atoms with E-state index in [0.29, 0.717) is 22.6 Å². The number of aliphatic hydroxyl groups is 1. The van der Waals surface area contributed by atoms with Crippen LogP contribution in [0.3, 0.4) is 0 Å². The molecule has 1 aromatic heterocycles. The van der Waals surface area contributed by atoms with Gasteiger partial charge < -0.3 is 20.1 Å². The summed E-state index contributed by atoms with van der Waals surface area (Å²) in [7, 11) is 2.58. The fourth-order valence-corrected chi connectivity index (χ4v) is 4.84. The van der Waals surface area contributed by atoms with Gasteiger partial charge in [-0.15, -0.1) is 0 Å². The second-order valence-corrected chi connectivity index (χ2v) is 10.1. The molecule has 0 unspecified atom stereocenters. The number of rotatable bonds is 7. The second kappa shape index (κ2) is 16.9. The number of nitrogens with zero attached hydrogens (tertiary/aromatic N) is 2. The predicted octanol–water partition coefficient (Wildman–Crippen LogP) is 7.43. The van der Waals surface area contributed by atoms with Gasteiger partial charge in [-0.3, -0.25) is 9.59 Å². The van der Waals surface area contributed by atoms with Gasteiger partial charge >= 0.3 is 0 Å². The highest BCUT2D eigenvalue weighted by atomic mass is 16.5.